The molecule has 0 heterocycles. The second-order valence-corrected chi connectivity index (χ2v) is 3.87. The van der Waals surface area contributed by atoms with Crippen molar-refractivity contribution in [2.45, 2.75) is 13.3 Å². The zero-order valence-corrected chi connectivity index (χ0v) is 10.9. The molecule has 0 atom stereocenters. The molecule has 0 bridgehead atoms. The molecular formula is C15H18O3. The number of carbonyl (C=O) groups is 1. The summed E-state index contributed by atoms with van der Waals surface area (Å²) in [5, 5.41) is 11.6. The Morgan fingerprint density at radius 1 is 1.17 bits per heavy atom. The minimum Gasteiger partial charge on any atom is -0.507 e. The van der Waals surface area contributed by atoms with Gasteiger partial charge in [0.2, 0.25) is 0 Å². The summed E-state index contributed by atoms with van der Waals surface area (Å²) in [7, 11) is 3.25. The minimum atomic E-state index is -0.0294. The summed E-state index contributed by atoms with van der Waals surface area (Å²) in [4.78, 5) is 11.5. The van der Waals surface area contributed by atoms with E-state index in [1.54, 1.807) is 27.2 Å². The number of methoxy groups -OCH3 is 1. The van der Waals surface area contributed by atoms with Crippen molar-refractivity contribution in [1.29, 1.82) is 0 Å². The van der Waals surface area contributed by atoms with Crippen molar-refractivity contribution in [2.75, 3.05) is 14.2 Å². The summed E-state index contributed by atoms with van der Waals surface area (Å²) in [5.74, 6) is 0.0678. The van der Waals surface area contributed by atoms with Crippen LogP contribution < -0.4 is 0 Å². The van der Waals surface area contributed by atoms with Crippen molar-refractivity contribution in [2.24, 2.45) is 0 Å². The highest BCUT2D eigenvalue weighted by Gasteiger charge is 2.11. The predicted octanol–water partition coefficient (Wildman–Crippen LogP) is 3.40. The third kappa shape index (κ3) is 3.08. The fraction of sp³-hybridized carbons (Fsp3) is 0.267. The average molecular weight is 246 g/mol. The molecule has 2 aromatic rings. The van der Waals surface area contributed by atoms with E-state index < -0.39 is 0 Å². The number of rotatable bonds is 2. The lowest BCUT2D eigenvalue weighted by atomic mass is 10.0. The Balaban J connectivity index is 0.000000492. The number of Topliss-reactive ketones (excluding diaryl/α,β-unsaturated/α-hetero) is 1. The Morgan fingerprint density at radius 3 is 2.39 bits per heavy atom. The highest BCUT2D eigenvalue weighted by Crippen LogP contribution is 2.29. The normalized spacial score (nSPS) is 9.72. The quantitative estimate of drug-likeness (QED) is 0.826. The Labute approximate surface area is 107 Å². The fourth-order valence-electron chi connectivity index (χ4n) is 1.67. The number of fused-ring (bicyclic) bond motifs is 1. The number of phenols is 1. The lowest BCUT2D eigenvalue weighted by Crippen LogP contribution is -1.96. The Bertz CT molecular complexity index is 532. The summed E-state index contributed by atoms with van der Waals surface area (Å²) in [6, 6.07) is 11.0. The molecule has 2 aromatic carbocycles. The maximum Gasteiger partial charge on any atom is 0.166 e. The topological polar surface area (TPSA) is 46.5 Å². The van der Waals surface area contributed by atoms with Gasteiger partial charge < -0.3 is 9.84 Å². The van der Waals surface area contributed by atoms with E-state index in [0.29, 0.717) is 12.0 Å². The number of hydrogen-bond donors (Lipinski definition) is 1. The third-order valence-corrected chi connectivity index (χ3v) is 2.52. The van der Waals surface area contributed by atoms with E-state index in [1.165, 1.54) is 0 Å². The van der Waals surface area contributed by atoms with Crippen LogP contribution in [0, 0.1) is 0 Å². The molecule has 0 aliphatic rings. The number of ketones is 1. The van der Waals surface area contributed by atoms with Gasteiger partial charge in [-0.05, 0) is 11.5 Å². The first-order valence-electron chi connectivity index (χ1n) is 5.79. The van der Waals surface area contributed by atoms with Gasteiger partial charge in [0.05, 0.1) is 5.56 Å². The van der Waals surface area contributed by atoms with Crippen LogP contribution in [-0.4, -0.2) is 25.1 Å². The van der Waals surface area contributed by atoms with Gasteiger partial charge in [-0.25, -0.2) is 0 Å². The summed E-state index contributed by atoms with van der Waals surface area (Å²) in [5.41, 5.74) is 0.413. The zero-order chi connectivity index (χ0) is 13.5. The first-order valence-corrected chi connectivity index (χ1v) is 5.79. The van der Waals surface area contributed by atoms with Gasteiger partial charge in [0.15, 0.2) is 5.78 Å². The van der Waals surface area contributed by atoms with Crippen LogP contribution >= 0.6 is 0 Å². The van der Waals surface area contributed by atoms with E-state index in [4.69, 9.17) is 0 Å². The molecule has 0 fully saturated rings. The Kier molecular flexibility index (Phi) is 5.33. The maximum absolute atomic E-state index is 11.5. The number of phenolic OH excluding ortho intramolecular Hbond substituents is 1. The molecule has 0 aromatic heterocycles. The third-order valence-electron chi connectivity index (χ3n) is 2.52. The number of benzene rings is 2. The Morgan fingerprint density at radius 2 is 1.78 bits per heavy atom. The van der Waals surface area contributed by atoms with Crippen molar-refractivity contribution < 1.29 is 14.6 Å². The van der Waals surface area contributed by atoms with Crippen LogP contribution in [0.1, 0.15) is 23.7 Å². The van der Waals surface area contributed by atoms with Crippen LogP contribution in [0.25, 0.3) is 10.8 Å². The smallest absolute Gasteiger partial charge is 0.166 e. The molecule has 2 rings (SSSR count). The molecule has 0 radical (unpaired) electrons. The van der Waals surface area contributed by atoms with Gasteiger partial charge in [0.25, 0.3) is 0 Å². The van der Waals surface area contributed by atoms with Crippen molar-refractivity contribution >= 4 is 16.6 Å². The highest BCUT2D eigenvalue weighted by atomic mass is 16.4. The predicted molar refractivity (Wildman–Crippen MR) is 73.2 cm³/mol. The van der Waals surface area contributed by atoms with Crippen molar-refractivity contribution in [1.82, 2.24) is 0 Å². The maximum atomic E-state index is 11.5. The van der Waals surface area contributed by atoms with E-state index in [2.05, 4.69) is 4.74 Å². The monoisotopic (exact) mass is 246 g/mol. The standard InChI is InChI=1S/C13H12O2.C2H6O/c1-2-12(14)11-8-7-9-5-3-4-6-10(9)13(11)15;1-3-2/h3-8,15H,2H2,1H3;1-2H3. The zero-order valence-electron chi connectivity index (χ0n) is 10.9. The molecule has 18 heavy (non-hydrogen) atoms. The molecule has 0 spiro atoms. The molecule has 0 aliphatic heterocycles. The fourth-order valence-corrected chi connectivity index (χ4v) is 1.67. The molecule has 1 N–H and O–H groups in total. The van der Waals surface area contributed by atoms with Gasteiger partial charge >= 0.3 is 0 Å². The molecule has 0 unspecified atom stereocenters. The van der Waals surface area contributed by atoms with E-state index in [0.717, 1.165) is 10.8 Å². The summed E-state index contributed by atoms with van der Waals surface area (Å²) >= 11 is 0. The van der Waals surface area contributed by atoms with Crippen molar-refractivity contribution in [3.63, 3.8) is 0 Å². The number of aromatic hydroxyl groups is 1. The molecule has 0 aliphatic carbocycles. The molecule has 3 nitrogen and oxygen atoms in total. The van der Waals surface area contributed by atoms with Crippen LogP contribution in [0.3, 0.4) is 0 Å². The van der Waals surface area contributed by atoms with Crippen LogP contribution in [0.2, 0.25) is 0 Å². The minimum absolute atomic E-state index is 0.0294. The average Bonchev–Trinajstić information content (AvgIpc) is 2.39. The first-order chi connectivity index (χ1) is 8.65. The summed E-state index contributed by atoms with van der Waals surface area (Å²) < 4.78 is 4.25. The van der Waals surface area contributed by atoms with Gasteiger partial charge in [0.1, 0.15) is 5.75 Å². The van der Waals surface area contributed by atoms with Crippen LogP contribution in [-0.2, 0) is 4.74 Å². The van der Waals surface area contributed by atoms with E-state index in [9.17, 15) is 9.90 Å². The Hall–Kier alpha value is -1.87. The largest absolute Gasteiger partial charge is 0.507 e. The molecule has 0 amide bonds. The van der Waals surface area contributed by atoms with Crippen LogP contribution in [0.15, 0.2) is 36.4 Å². The summed E-state index contributed by atoms with van der Waals surface area (Å²) in [6.07, 6.45) is 0.409. The van der Waals surface area contributed by atoms with Gasteiger partial charge in [-0.1, -0.05) is 37.3 Å². The van der Waals surface area contributed by atoms with E-state index >= 15 is 0 Å². The second-order valence-electron chi connectivity index (χ2n) is 3.87. The number of ether oxygens (including phenoxy) is 1. The lowest BCUT2D eigenvalue weighted by molar-refractivity contribution is 0.0986. The van der Waals surface area contributed by atoms with Gasteiger partial charge in [-0.3, -0.25) is 4.79 Å². The second kappa shape index (κ2) is 6.77. The first kappa shape index (κ1) is 14.2. The molecule has 0 saturated heterocycles. The molecule has 3 heteroatoms. The van der Waals surface area contributed by atoms with E-state index in [-0.39, 0.29) is 11.5 Å². The van der Waals surface area contributed by atoms with Crippen LogP contribution in [0.4, 0.5) is 0 Å². The van der Waals surface area contributed by atoms with Gasteiger partial charge in [0, 0.05) is 26.0 Å². The molecule has 0 saturated carbocycles. The SMILES string of the molecule is CCC(=O)c1ccc2ccccc2c1O.COC. The highest BCUT2D eigenvalue weighted by molar-refractivity contribution is 6.04. The lowest BCUT2D eigenvalue weighted by Gasteiger charge is -2.05. The van der Waals surface area contributed by atoms with Crippen molar-refractivity contribution in [3.05, 3.63) is 42.0 Å². The summed E-state index contributed by atoms with van der Waals surface area (Å²) in [6.45, 7) is 1.79. The number of carbonyl (C=O) groups excluding carboxylic acids is 1. The molecule has 96 valence electrons. The van der Waals surface area contributed by atoms with Crippen molar-refractivity contribution in [3.8, 4) is 5.75 Å². The van der Waals surface area contributed by atoms with Gasteiger partial charge in [-0.15, -0.1) is 0 Å². The molecular weight excluding hydrogens is 228 g/mol. The van der Waals surface area contributed by atoms with Crippen LogP contribution in [0.5, 0.6) is 5.75 Å². The number of hydrogen-bond acceptors (Lipinski definition) is 3. The van der Waals surface area contributed by atoms with Gasteiger partial charge in [-0.2, -0.15) is 0 Å². The van der Waals surface area contributed by atoms with E-state index in [1.807, 2.05) is 30.3 Å².